The van der Waals surface area contributed by atoms with E-state index in [0.717, 1.165) is 29.3 Å². The van der Waals surface area contributed by atoms with Gasteiger partial charge in [0.2, 0.25) is 0 Å². The van der Waals surface area contributed by atoms with Crippen LogP contribution in [0.5, 0.6) is 0 Å². The molecule has 3 rings (SSSR count). The Kier molecular flexibility index (Phi) is 6.01. The van der Waals surface area contributed by atoms with Crippen LogP contribution in [-0.2, 0) is 12.8 Å². The van der Waals surface area contributed by atoms with Crippen LogP contribution >= 0.6 is 27.3 Å². The molecule has 1 heterocycles. The number of carbonyl (C=O) groups excluding carboxylic acids is 2. The first-order valence-electron chi connectivity index (χ1n) is 9.51. The first-order valence-corrected chi connectivity index (χ1v) is 11.1. The Morgan fingerprint density at radius 2 is 1.89 bits per heavy atom. The minimum atomic E-state index is -0.203. The third-order valence-electron chi connectivity index (χ3n) is 5.46. The molecule has 1 aliphatic rings. The fourth-order valence-electron chi connectivity index (χ4n) is 3.68. The summed E-state index contributed by atoms with van der Waals surface area (Å²) < 4.78 is 0.738. The SMILES string of the molecule is CN(C)C(=O)c1c(NC(=O)c2ccccc2Br)sc2c1CCC(C(C)(C)C)C2. The van der Waals surface area contributed by atoms with E-state index < -0.39 is 0 Å². The Hall–Kier alpha value is -1.66. The van der Waals surface area contributed by atoms with Crippen LogP contribution in [0.4, 0.5) is 5.00 Å². The summed E-state index contributed by atoms with van der Waals surface area (Å²) in [5, 5.41) is 3.68. The highest BCUT2D eigenvalue weighted by molar-refractivity contribution is 9.10. The molecule has 0 fully saturated rings. The predicted molar refractivity (Wildman–Crippen MR) is 119 cm³/mol. The van der Waals surface area contributed by atoms with Crippen LogP contribution in [-0.4, -0.2) is 30.8 Å². The number of hydrogen-bond acceptors (Lipinski definition) is 3. The fraction of sp³-hybridized carbons (Fsp3) is 0.455. The van der Waals surface area contributed by atoms with E-state index in [1.807, 2.05) is 18.2 Å². The van der Waals surface area contributed by atoms with Crippen LogP contribution in [0, 0.1) is 11.3 Å². The lowest BCUT2D eigenvalue weighted by Gasteiger charge is -2.34. The second kappa shape index (κ2) is 7.99. The van der Waals surface area contributed by atoms with Crippen molar-refractivity contribution in [3.8, 4) is 0 Å². The number of amides is 2. The summed E-state index contributed by atoms with van der Waals surface area (Å²) >= 11 is 5.00. The van der Waals surface area contributed by atoms with Gasteiger partial charge >= 0.3 is 0 Å². The van der Waals surface area contributed by atoms with E-state index in [9.17, 15) is 9.59 Å². The Morgan fingerprint density at radius 3 is 2.50 bits per heavy atom. The van der Waals surface area contributed by atoms with Crippen LogP contribution in [0.15, 0.2) is 28.7 Å². The molecule has 150 valence electrons. The Balaban J connectivity index is 1.99. The lowest BCUT2D eigenvalue weighted by atomic mass is 9.72. The lowest BCUT2D eigenvalue weighted by Crippen LogP contribution is -2.28. The van der Waals surface area contributed by atoms with E-state index in [1.165, 1.54) is 4.88 Å². The maximum atomic E-state index is 12.9. The number of hydrogen-bond donors (Lipinski definition) is 1. The van der Waals surface area contributed by atoms with Crippen LogP contribution in [0.2, 0.25) is 0 Å². The molecular weight excluding hydrogens is 436 g/mol. The van der Waals surface area contributed by atoms with Gasteiger partial charge in [-0.3, -0.25) is 9.59 Å². The maximum Gasteiger partial charge on any atom is 0.257 e. The number of thiophene rings is 1. The maximum absolute atomic E-state index is 12.9. The van der Waals surface area contributed by atoms with E-state index in [-0.39, 0.29) is 17.2 Å². The molecule has 2 amide bonds. The third kappa shape index (κ3) is 4.18. The zero-order valence-corrected chi connectivity index (χ0v) is 19.5. The Bertz CT molecular complexity index is 912. The molecule has 0 aliphatic heterocycles. The Labute approximate surface area is 179 Å². The molecular formula is C22H27BrN2O2S. The second-order valence-corrected chi connectivity index (χ2v) is 10.6. The molecule has 0 spiro atoms. The molecule has 4 nitrogen and oxygen atoms in total. The average Bonchev–Trinajstić information content (AvgIpc) is 2.97. The minimum absolute atomic E-state index is 0.0471. The molecule has 1 aliphatic carbocycles. The number of rotatable bonds is 3. The van der Waals surface area contributed by atoms with Crippen molar-refractivity contribution in [3.63, 3.8) is 0 Å². The summed E-state index contributed by atoms with van der Waals surface area (Å²) in [4.78, 5) is 28.6. The summed E-state index contributed by atoms with van der Waals surface area (Å²) in [7, 11) is 3.51. The molecule has 6 heteroatoms. The first kappa shape index (κ1) is 21.1. The molecule has 2 aromatic rings. The van der Waals surface area contributed by atoms with Gasteiger partial charge in [-0.05, 0) is 64.2 Å². The van der Waals surface area contributed by atoms with E-state index in [4.69, 9.17) is 0 Å². The van der Waals surface area contributed by atoms with Crippen LogP contribution in [0.1, 0.15) is 58.3 Å². The zero-order chi connectivity index (χ0) is 20.6. The monoisotopic (exact) mass is 462 g/mol. The number of fused-ring (bicyclic) bond motifs is 1. The number of nitrogens with zero attached hydrogens (tertiary/aromatic N) is 1. The van der Waals surface area contributed by atoms with E-state index in [0.29, 0.717) is 22.0 Å². The fourth-order valence-corrected chi connectivity index (χ4v) is 5.46. The summed E-state index contributed by atoms with van der Waals surface area (Å²) in [5.74, 6) is 0.327. The highest BCUT2D eigenvalue weighted by Crippen LogP contribution is 2.44. The van der Waals surface area contributed by atoms with Gasteiger partial charge in [0.25, 0.3) is 11.8 Å². The average molecular weight is 463 g/mol. The van der Waals surface area contributed by atoms with Gasteiger partial charge in [0.15, 0.2) is 0 Å². The van der Waals surface area contributed by atoms with Crippen molar-refractivity contribution in [2.45, 2.75) is 40.0 Å². The minimum Gasteiger partial charge on any atom is -0.345 e. The normalized spacial score (nSPS) is 16.4. The summed E-state index contributed by atoms with van der Waals surface area (Å²) in [6.45, 7) is 6.83. The molecule has 1 unspecified atom stereocenters. The molecule has 1 N–H and O–H groups in total. The zero-order valence-electron chi connectivity index (χ0n) is 17.1. The third-order valence-corrected chi connectivity index (χ3v) is 7.32. The van der Waals surface area contributed by atoms with Gasteiger partial charge in [0.1, 0.15) is 5.00 Å². The summed E-state index contributed by atoms with van der Waals surface area (Å²) in [6, 6.07) is 7.32. The van der Waals surface area contributed by atoms with Gasteiger partial charge in [-0.25, -0.2) is 0 Å². The van der Waals surface area contributed by atoms with Crippen molar-refractivity contribution in [3.05, 3.63) is 50.3 Å². The topological polar surface area (TPSA) is 49.4 Å². The predicted octanol–water partition coefficient (Wildman–Crippen LogP) is 5.62. The lowest BCUT2D eigenvalue weighted by molar-refractivity contribution is 0.0827. The number of halogens is 1. The summed E-state index contributed by atoms with van der Waals surface area (Å²) in [5.41, 5.74) is 2.57. The highest BCUT2D eigenvalue weighted by Gasteiger charge is 2.34. The molecule has 1 aromatic carbocycles. The largest absolute Gasteiger partial charge is 0.345 e. The molecule has 0 bridgehead atoms. The first-order chi connectivity index (χ1) is 13.1. The molecule has 1 atom stereocenters. The van der Waals surface area contributed by atoms with Crippen molar-refractivity contribution < 1.29 is 9.59 Å². The van der Waals surface area contributed by atoms with Crippen molar-refractivity contribution in [1.82, 2.24) is 4.90 Å². The van der Waals surface area contributed by atoms with Crippen molar-refractivity contribution >= 4 is 44.1 Å². The van der Waals surface area contributed by atoms with Gasteiger partial charge in [0, 0.05) is 23.4 Å². The van der Waals surface area contributed by atoms with Gasteiger partial charge in [-0.15, -0.1) is 11.3 Å². The molecule has 28 heavy (non-hydrogen) atoms. The molecule has 1 aromatic heterocycles. The quantitative estimate of drug-likeness (QED) is 0.643. The number of benzene rings is 1. The van der Waals surface area contributed by atoms with Crippen molar-refractivity contribution in [2.24, 2.45) is 11.3 Å². The second-order valence-electron chi connectivity index (χ2n) is 8.65. The van der Waals surface area contributed by atoms with Gasteiger partial charge in [-0.1, -0.05) is 32.9 Å². The number of carbonyl (C=O) groups is 2. The van der Waals surface area contributed by atoms with E-state index in [1.54, 1.807) is 36.4 Å². The van der Waals surface area contributed by atoms with Gasteiger partial charge in [0.05, 0.1) is 11.1 Å². The van der Waals surface area contributed by atoms with Crippen LogP contribution in [0.25, 0.3) is 0 Å². The molecule has 0 saturated carbocycles. The standard InChI is InChI=1S/C22H27BrN2O2S/c1-22(2,3)13-10-11-15-17(12-13)28-20(18(15)21(27)25(4)5)24-19(26)14-8-6-7-9-16(14)23/h6-9,13H,10-12H2,1-5H3,(H,24,26). The van der Waals surface area contributed by atoms with Gasteiger partial charge < -0.3 is 10.2 Å². The molecule has 0 radical (unpaired) electrons. The summed E-state index contributed by atoms with van der Waals surface area (Å²) in [6.07, 6.45) is 2.91. The smallest absolute Gasteiger partial charge is 0.257 e. The number of anilines is 1. The van der Waals surface area contributed by atoms with Crippen molar-refractivity contribution in [2.75, 3.05) is 19.4 Å². The molecule has 0 saturated heterocycles. The Morgan fingerprint density at radius 1 is 1.21 bits per heavy atom. The van der Waals surface area contributed by atoms with Crippen LogP contribution < -0.4 is 5.32 Å². The van der Waals surface area contributed by atoms with Crippen molar-refractivity contribution in [1.29, 1.82) is 0 Å². The number of nitrogens with one attached hydrogen (secondary N) is 1. The van der Waals surface area contributed by atoms with Crippen LogP contribution in [0.3, 0.4) is 0 Å². The highest BCUT2D eigenvalue weighted by atomic mass is 79.9. The van der Waals surface area contributed by atoms with Gasteiger partial charge in [-0.2, -0.15) is 0 Å². The van der Waals surface area contributed by atoms with E-state index in [2.05, 4.69) is 42.0 Å². The van der Waals surface area contributed by atoms with E-state index >= 15 is 0 Å².